The number of esters is 1. The molecule has 0 aromatic heterocycles. The third kappa shape index (κ3) is 29.6. The first-order valence-corrected chi connectivity index (χ1v) is 16.3. The second kappa shape index (κ2) is 38.2. The fourth-order valence-corrected chi connectivity index (χ4v) is 3.15. The second-order valence-electron chi connectivity index (χ2n) is 8.54. The molecule has 47 heavy (non-hydrogen) atoms. The Morgan fingerprint density at radius 1 is 0.447 bits per heavy atom. The van der Waals surface area contributed by atoms with Crippen LogP contribution in [0.3, 0.4) is 0 Å². The van der Waals surface area contributed by atoms with E-state index in [-0.39, 0.29) is 25.6 Å². The van der Waals surface area contributed by atoms with Gasteiger partial charge in [-0.15, -0.1) is 0 Å². The zero-order valence-corrected chi connectivity index (χ0v) is 30.1. The molecule has 0 heterocycles. The Hall–Kier alpha value is -2.27. The summed E-state index contributed by atoms with van der Waals surface area (Å²) in [5, 5.41) is 0. The van der Waals surface area contributed by atoms with E-state index in [1.54, 1.807) is 33.5 Å². The predicted octanol–water partition coefficient (Wildman–Crippen LogP) is 3.84. The molecule has 0 aliphatic rings. The van der Waals surface area contributed by atoms with Gasteiger partial charge >= 0.3 is 5.97 Å². The van der Waals surface area contributed by atoms with E-state index in [0.29, 0.717) is 116 Å². The third-order valence-corrected chi connectivity index (χ3v) is 5.11. The lowest BCUT2D eigenvalue weighted by molar-refractivity contribution is -0.131. The standard InChI is InChI=1S/C29H50O14.2C2H6/c1-25(30)43-26-23-27(40-20-17-37-14-11-34-8-5-31-2)29(42-22-19-39-16-13-36-10-7-33-4)28(24-26)41-21-18-38-15-12-35-9-6-32-3;2*1-2/h23-24H,5-22H2,1-4H3;2*1-2H3. The minimum Gasteiger partial charge on any atom is -0.487 e. The summed E-state index contributed by atoms with van der Waals surface area (Å²) in [6.07, 6.45) is 0. The molecule has 0 saturated heterocycles. The van der Waals surface area contributed by atoms with Gasteiger partial charge in [0.25, 0.3) is 0 Å². The quantitative estimate of drug-likeness (QED) is 0.0637. The van der Waals surface area contributed by atoms with E-state index in [2.05, 4.69) is 0 Å². The van der Waals surface area contributed by atoms with Crippen molar-refractivity contribution in [2.24, 2.45) is 0 Å². The number of ether oxygens (including phenoxy) is 13. The summed E-state index contributed by atoms with van der Waals surface area (Å²) < 4.78 is 71.0. The van der Waals surface area contributed by atoms with Crippen molar-refractivity contribution in [1.29, 1.82) is 0 Å². The monoisotopic (exact) mass is 682 g/mol. The van der Waals surface area contributed by atoms with Crippen LogP contribution in [-0.2, 0) is 47.4 Å². The summed E-state index contributed by atoms with van der Waals surface area (Å²) in [7, 11) is 4.85. The van der Waals surface area contributed by atoms with Crippen LogP contribution in [0.15, 0.2) is 12.1 Å². The third-order valence-electron chi connectivity index (χ3n) is 5.11. The smallest absolute Gasteiger partial charge is 0.308 e. The Morgan fingerprint density at radius 3 is 1.02 bits per heavy atom. The first-order chi connectivity index (χ1) is 23.1. The maximum absolute atomic E-state index is 11.7. The molecule has 0 bridgehead atoms. The Labute approximate surface area is 282 Å². The van der Waals surface area contributed by atoms with E-state index < -0.39 is 5.97 Å². The highest BCUT2D eigenvalue weighted by Crippen LogP contribution is 2.41. The van der Waals surface area contributed by atoms with E-state index in [4.69, 9.17) is 61.6 Å². The van der Waals surface area contributed by atoms with Crippen molar-refractivity contribution in [3.63, 3.8) is 0 Å². The minimum absolute atomic E-state index is 0.207. The largest absolute Gasteiger partial charge is 0.487 e. The van der Waals surface area contributed by atoms with Crippen molar-refractivity contribution in [2.45, 2.75) is 34.6 Å². The van der Waals surface area contributed by atoms with Crippen LogP contribution in [-0.4, -0.2) is 146 Å². The van der Waals surface area contributed by atoms with Crippen molar-refractivity contribution in [2.75, 3.05) is 140 Å². The van der Waals surface area contributed by atoms with Gasteiger partial charge in [-0.2, -0.15) is 0 Å². The first kappa shape index (κ1) is 46.8. The molecule has 0 spiro atoms. The predicted molar refractivity (Wildman–Crippen MR) is 177 cm³/mol. The number of hydrogen-bond donors (Lipinski definition) is 0. The van der Waals surface area contributed by atoms with Gasteiger partial charge in [-0.25, -0.2) is 0 Å². The molecule has 1 aromatic rings. The molecule has 0 aliphatic carbocycles. The van der Waals surface area contributed by atoms with Crippen LogP contribution in [0.25, 0.3) is 0 Å². The molecular weight excluding hydrogens is 620 g/mol. The van der Waals surface area contributed by atoms with Gasteiger partial charge in [0.05, 0.1) is 99.1 Å². The maximum Gasteiger partial charge on any atom is 0.308 e. The average molecular weight is 683 g/mol. The van der Waals surface area contributed by atoms with E-state index in [9.17, 15) is 4.79 Å². The van der Waals surface area contributed by atoms with Gasteiger partial charge in [0, 0.05) is 40.4 Å². The zero-order valence-electron chi connectivity index (χ0n) is 30.1. The number of carbonyl (C=O) groups excluding carboxylic acids is 1. The molecule has 0 amide bonds. The van der Waals surface area contributed by atoms with E-state index in [1.165, 1.54) is 6.92 Å². The van der Waals surface area contributed by atoms with Crippen molar-refractivity contribution < 1.29 is 66.4 Å². The SMILES string of the molecule is CC.CC.COCCOCCOCCOc1cc(OC(C)=O)cc(OCCOCCOCCOC)c1OCCOCCOCCOC. The van der Waals surface area contributed by atoms with Crippen molar-refractivity contribution in [3.05, 3.63) is 12.1 Å². The van der Waals surface area contributed by atoms with Crippen LogP contribution >= 0.6 is 0 Å². The van der Waals surface area contributed by atoms with Gasteiger partial charge in [-0.05, 0) is 0 Å². The van der Waals surface area contributed by atoms with Crippen molar-refractivity contribution in [3.8, 4) is 23.0 Å². The lowest BCUT2D eigenvalue weighted by Crippen LogP contribution is -2.15. The summed E-state index contributed by atoms with van der Waals surface area (Å²) >= 11 is 0. The van der Waals surface area contributed by atoms with Gasteiger partial charge in [0.1, 0.15) is 25.6 Å². The normalized spacial score (nSPS) is 10.4. The highest BCUT2D eigenvalue weighted by atomic mass is 16.6. The fourth-order valence-electron chi connectivity index (χ4n) is 3.15. The molecule has 0 aliphatic heterocycles. The number of benzene rings is 1. The molecule has 1 aromatic carbocycles. The second-order valence-corrected chi connectivity index (χ2v) is 8.54. The molecule has 14 nitrogen and oxygen atoms in total. The molecule has 0 radical (unpaired) electrons. The molecule has 0 fully saturated rings. The molecule has 278 valence electrons. The molecule has 1 rings (SSSR count). The molecule has 0 N–H and O–H groups in total. The average Bonchev–Trinajstić information content (AvgIpc) is 3.08. The first-order valence-electron chi connectivity index (χ1n) is 16.3. The number of carbonyl (C=O) groups is 1. The summed E-state index contributed by atoms with van der Waals surface area (Å²) in [6, 6.07) is 3.13. The Morgan fingerprint density at radius 2 is 0.723 bits per heavy atom. The van der Waals surface area contributed by atoms with Gasteiger partial charge < -0.3 is 61.6 Å². The van der Waals surface area contributed by atoms with Crippen molar-refractivity contribution in [1.82, 2.24) is 0 Å². The Balaban J connectivity index is 0. The van der Waals surface area contributed by atoms with Gasteiger partial charge in [0.15, 0.2) is 11.5 Å². The van der Waals surface area contributed by atoms with E-state index >= 15 is 0 Å². The minimum atomic E-state index is -0.486. The van der Waals surface area contributed by atoms with Crippen molar-refractivity contribution >= 4 is 5.97 Å². The molecule has 14 heteroatoms. The van der Waals surface area contributed by atoms with Crippen LogP contribution < -0.4 is 18.9 Å². The van der Waals surface area contributed by atoms with E-state index in [1.807, 2.05) is 27.7 Å². The number of methoxy groups -OCH3 is 3. The maximum atomic E-state index is 11.7. The lowest BCUT2D eigenvalue weighted by atomic mass is 10.2. The van der Waals surface area contributed by atoms with Crippen LogP contribution in [0.2, 0.25) is 0 Å². The highest BCUT2D eigenvalue weighted by Gasteiger charge is 2.18. The zero-order chi connectivity index (χ0) is 35.2. The lowest BCUT2D eigenvalue weighted by Gasteiger charge is -2.19. The summed E-state index contributed by atoms with van der Waals surface area (Å²) in [5.74, 6) is 0.740. The molecule has 0 saturated carbocycles. The number of rotatable bonds is 31. The highest BCUT2D eigenvalue weighted by molar-refractivity contribution is 5.70. The summed E-state index contributed by atoms with van der Waals surface area (Å²) in [6.45, 7) is 16.5. The molecule has 0 unspecified atom stereocenters. The molecule has 0 atom stereocenters. The van der Waals surface area contributed by atoms with Gasteiger partial charge in [-0.3, -0.25) is 4.79 Å². The molecular formula is C33H62O14. The van der Waals surface area contributed by atoms with Gasteiger partial charge in [0.2, 0.25) is 5.75 Å². The topological polar surface area (TPSA) is 137 Å². The van der Waals surface area contributed by atoms with Crippen LogP contribution in [0.1, 0.15) is 34.6 Å². The summed E-state index contributed by atoms with van der Waals surface area (Å²) in [5.41, 5.74) is 0. The van der Waals surface area contributed by atoms with Gasteiger partial charge in [-0.1, -0.05) is 27.7 Å². The van der Waals surface area contributed by atoms with Crippen LogP contribution in [0.5, 0.6) is 23.0 Å². The van der Waals surface area contributed by atoms with Crippen LogP contribution in [0.4, 0.5) is 0 Å². The Kier molecular flexibility index (Phi) is 38.1. The van der Waals surface area contributed by atoms with E-state index in [0.717, 1.165) is 0 Å². The number of hydrogen-bond acceptors (Lipinski definition) is 14. The fraction of sp³-hybridized carbons (Fsp3) is 0.788. The Bertz CT molecular complexity index is 754. The van der Waals surface area contributed by atoms with Crippen LogP contribution in [0, 0.1) is 0 Å². The summed E-state index contributed by atoms with van der Waals surface area (Å²) in [4.78, 5) is 11.7.